The molecule has 0 bridgehead atoms. The Morgan fingerprint density at radius 3 is 2.36 bits per heavy atom. The molecule has 0 atom stereocenters. The number of hydrogen-bond acceptors (Lipinski definition) is 2. The number of nitrogens with two attached hydrogens (primary N) is 1. The topological polar surface area (TPSA) is 46.3 Å². The molecule has 1 aliphatic rings. The van der Waals surface area contributed by atoms with Gasteiger partial charge < -0.3 is 10.6 Å². The van der Waals surface area contributed by atoms with Crippen LogP contribution in [0.5, 0.6) is 0 Å². The molecule has 0 unspecified atom stereocenters. The zero-order chi connectivity index (χ0) is 17.2. The standard InChI is InChI=1S/C21H34N2O.ClH/c1-18-7-9-19(10-8-18)11-12-20-13-16-23(17-14-20)21(24)6-4-2-3-5-15-22;/h7-10,20H,2-6,11-17,22H2,1H3;1H. The maximum Gasteiger partial charge on any atom is 0.222 e. The number of likely N-dealkylation sites (tertiary alicyclic amines) is 1. The van der Waals surface area contributed by atoms with Gasteiger partial charge in [-0.2, -0.15) is 0 Å². The highest BCUT2D eigenvalue weighted by atomic mass is 35.5. The Bertz CT molecular complexity index is 481. The van der Waals surface area contributed by atoms with E-state index in [0.29, 0.717) is 5.91 Å². The van der Waals surface area contributed by atoms with Crippen molar-refractivity contribution < 1.29 is 4.79 Å². The first-order chi connectivity index (χ1) is 11.7. The van der Waals surface area contributed by atoms with Crippen molar-refractivity contribution in [3.63, 3.8) is 0 Å². The monoisotopic (exact) mass is 366 g/mol. The third-order valence-electron chi connectivity index (χ3n) is 5.27. The third-order valence-corrected chi connectivity index (χ3v) is 5.27. The van der Waals surface area contributed by atoms with Gasteiger partial charge in [0.2, 0.25) is 5.91 Å². The maximum absolute atomic E-state index is 12.2. The van der Waals surface area contributed by atoms with E-state index in [1.54, 1.807) is 0 Å². The summed E-state index contributed by atoms with van der Waals surface area (Å²) >= 11 is 0. The molecule has 0 radical (unpaired) electrons. The maximum atomic E-state index is 12.2. The Morgan fingerprint density at radius 2 is 1.72 bits per heavy atom. The van der Waals surface area contributed by atoms with Crippen LogP contribution < -0.4 is 5.73 Å². The lowest BCUT2D eigenvalue weighted by Gasteiger charge is -2.32. The van der Waals surface area contributed by atoms with Gasteiger partial charge in [-0.15, -0.1) is 12.4 Å². The van der Waals surface area contributed by atoms with Gasteiger partial charge >= 0.3 is 0 Å². The summed E-state index contributed by atoms with van der Waals surface area (Å²) in [5.74, 6) is 1.14. The predicted octanol–water partition coefficient (Wildman–Crippen LogP) is 4.50. The van der Waals surface area contributed by atoms with E-state index in [2.05, 4.69) is 36.1 Å². The molecular formula is C21H35ClN2O. The molecule has 1 saturated heterocycles. The number of amides is 1. The van der Waals surface area contributed by atoms with Crippen LogP contribution in [-0.4, -0.2) is 30.4 Å². The Kier molecular flexibility index (Phi) is 10.8. The van der Waals surface area contributed by atoms with Gasteiger partial charge in [-0.25, -0.2) is 0 Å². The van der Waals surface area contributed by atoms with E-state index in [1.807, 2.05) is 0 Å². The lowest BCUT2D eigenvalue weighted by molar-refractivity contribution is -0.132. The lowest BCUT2D eigenvalue weighted by atomic mass is 9.90. The molecule has 1 aromatic carbocycles. The van der Waals surface area contributed by atoms with Crippen molar-refractivity contribution >= 4 is 18.3 Å². The minimum Gasteiger partial charge on any atom is -0.343 e. The second-order valence-electron chi connectivity index (χ2n) is 7.30. The highest BCUT2D eigenvalue weighted by Crippen LogP contribution is 2.23. The number of carbonyl (C=O) groups is 1. The number of carbonyl (C=O) groups excluding carboxylic acids is 1. The molecule has 0 aromatic heterocycles. The summed E-state index contributed by atoms with van der Waals surface area (Å²) in [4.78, 5) is 14.3. The minimum absolute atomic E-state index is 0. The highest BCUT2D eigenvalue weighted by molar-refractivity contribution is 5.85. The van der Waals surface area contributed by atoms with E-state index in [0.717, 1.165) is 57.7 Å². The van der Waals surface area contributed by atoms with Gasteiger partial charge in [-0.1, -0.05) is 42.7 Å². The van der Waals surface area contributed by atoms with Gasteiger partial charge in [0.05, 0.1) is 0 Å². The molecule has 2 N–H and O–H groups in total. The van der Waals surface area contributed by atoms with Crippen molar-refractivity contribution in [1.29, 1.82) is 0 Å². The summed E-state index contributed by atoms with van der Waals surface area (Å²) in [5.41, 5.74) is 8.26. The summed E-state index contributed by atoms with van der Waals surface area (Å²) in [6, 6.07) is 8.89. The van der Waals surface area contributed by atoms with Gasteiger partial charge in [-0.05, 0) is 63.5 Å². The van der Waals surface area contributed by atoms with Crippen molar-refractivity contribution in [2.75, 3.05) is 19.6 Å². The van der Waals surface area contributed by atoms with Crippen molar-refractivity contribution in [1.82, 2.24) is 4.90 Å². The third kappa shape index (κ3) is 8.24. The van der Waals surface area contributed by atoms with Gasteiger partial charge in [0, 0.05) is 19.5 Å². The minimum atomic E-state index is 0. The van der Waals surface area contributed by atoms with E-state index in [1.165, 1.54) is 36.8 Å². The van der Waals surface area contributed by atoms with Crippen molar-refractivity contribution in [2.45, 2.75) is 64.7 Å². The smallest absolute Gasteiger partial charge is 0.222 e. The molecule has 2 rings (SSSR count). The number of piperidine rings is 1. The quantitative estimate of drug-likeness (QED) is 0.654. The summed E-state index contributed by atoms with van der Waals surface area (Å²) in [5, 5.41) is 0. The molecule has 0 aliphatic carbocycles. The van der Waals surface area contributed by atoms with Crippen molar-refractivity contribution in [3.05, 3.63) is 35.4 Å². The number of hydrogen-bond donors (Lipinski definition) is 1. The fourth-order valence-corrected chi connectivity index (χ4v) is 3.53. The molecule has 4 heteroatoms. The van der Waals surface area contributed by atoms with Crippen LogP contribution in [0.3, 0.4) is 0 Å². The van der Waals surface area contributed by atoms with E-state index < -0.39 is 0 Å². The summed E-state index contributed by atoms with van der Waals surface area (Å²) in [6.45, 7) is 4.82. The number of aryl methyl sites for hydroxylation is 2. The Balaban J connectivity index is 0.00000312. The fraction of sp³-hybridized carbons (Fsp3) is 0.667. The second kappa shape index (κ2) is 12.3. The molecule has 1 fully saturated rings. The predicted molar refractivity (Wildman–Crippen MR) is 108 cm³/mol. The molecule has 1 amide bonds. The van der Waals surface area contributed by atoms with Crippen LogP contribution in [0, 0.1) is 12.8 Å². The van der Waals surface area contributed by atoms with Gasteiger partial charge in [0.15, 0.2) is 0 Å². The Hall–Kier alpha value is -1.06. The van der Waals surface area contributed by atoms with E-state index in [4.69, 9.17) is 5.73 Å². The van der Waals surface area contributed by atoms with Crippen LogP contribution in [0.15, 0.2) is 24.3 Å². The van der Waals surface area contributed by atoms with Crippen LogP contribution in [0.2, 0.25) is 0 Å². The first kappa shape index (κ1) is 22.0. The number of halogens is 1. The van der Waals surface area contributed by atoms with Crippen LogP contribution >= 0.6 is 12.4 Å². The molecule has 0 saturated carbocycles. The summed E-state index contributed by atoms with van der Waals surface area (Å²) in [6.07, 6.45) is 9.88. The SMILES string of the molecule is Cc1ccc(CCC2CCN(C(=O)CCCCCCN)CC2)cc1.Cl. The molecule has 1 aromatic rings. The van der Waals surface area contributed by atoms with Crippen LogP contribution in [-0.2, 0) is 11.2 Å². The molecule has 0 spiro atoms. The molecule has 25 heavy (non-hydrogen) atoms. The molecular weight excluding hydrogens is 332 g/mol. The highest BCUT2D eigenvalue weighted by Gasteiger charge is 2.22. The molecule has 142 valence electrons. The summed E-state index contributed by atoms with van der Waals surface area (Å²) < 4.78 is 0. The molecule has 3 nitrogen and oxygen atoms in total. The van der Waals surface area contributed by atoms with Gasteiger partial charge in [-0.3, -0.25) is 4.79 Å². The molecule has 1 aliphatic heterocycles. The fourth-order valence-electron chi connectivity index (χ4n) is 3.53. The van der Waals surface area contributed by atoms with Crippen LogP contribution in [0.1, 0.15) is 62.5 Å². The van der Waals surface area contributed by atoms with E-state index in [9.17, 15) is 4.79 Å². The lowest BCUT2D eigenvalue weighted by Crippen LogP contribution is -2.38. The Labute approximate surface area is 159 Å². The van der Waals surface area contributed by atoms with Crippen molar-refractivity contribution in [2.24, 2.45) is 11.7 Å². The first-order valence-electron chi connectivity index (χ1n) is 9.72. The second-order valence-corrected chi connectivity index (χ2v) is 7.30. The zero-order valence-corrected chi connectivity index (χ0v) is 16.5. The first-order valence-corrected chi connectivity index (χ1v) is 9.72. The Morgan fingerprint density at radius 1 is 1.08 bits per heavy atom. The number of nitrogens with zero attached hydrogens (tertiary/aromatic N) is 1. The largest absolute Gasteiger partial charge is 0.343 e. The van der Waals surface area contributed by atoms with Crippen molar-refractivity contribution in [3.8, 4) is 0 Å². The number of rotatable bonds is 9. The van der Waals surface area contributed by atoms with Gasteiger partial charge in [0.25, 0.3) is 0 Å². The van der Waals surface area contributed by atoms with Gasteiger partial charge in [0.1, 0.15) is 0 Å². The summed E-state index contributed by atoms with van der Waals surface area (Å²) in [7, 11) is 0. The molecule has 1 heterocycles. The number of benzene rings is 1. The van der Waals surface area contributed by atoms with E-state index >= 15 is 0 Å². The normalized spacial score (nSPS) is 15.0. The average Bonchev–Trinajstić information content (AvgIpc) is 2.61. The van der Waals surface area contributed by atoms with Crippen LogP contribution in [0.4, 0.5) is 0 Å². The number of unbranched alkanes of at least 4 members (excludes halogenated alkanes) is 3. The average molecular weight is 367 g/mol. The zero-order valence-electron chi connectivity index (χ0n) is 15.7. The van der Waals surface area contributed by atoms with E-state index in [-0.39, 0.29) is 12.4 Å². The van der Waals surface area contributed by atoms with Crippen LogP contribution in [0.25, 0.3) is 0 Å².